The number of aromatic nitrogens is 4. The van der Waals surface area contributed by atoms with E-state index >= 15 is 0 Å². The SMILES string of the molecule is CNC(=O)c1cc(CCc2cnc(Nc3cnn([C@H]4CCCN(C)C4)c3)nc2)c(F)c(OC)c1. The lowest BCUT2D eigenvalue weighted by atomic mass is 10.0. The first-order valence-electron chi connectivity index (χ1n) is 11.4. The third-order valence-corrected chi connectivity index (χ3v) is 6.04. The van der Waals surface area contributed by atoms with Gasteiger partial charge in [-0.15, -0.1) is 0 Å². The van der Waals surface area contributed by atoms with Crippen LogP contribution in [0.25, 0.3) is 0 Å². The Bertz CT molecular complexity index is 1130. The van der Waals surface area contributed by atoms with Crippen molar-refractivity contribution in [2.45, 2.75) is 31.7 Å². The van der Waals surface area contributed by atoms with E-state index in [4.69, 9.17) is 4.74 Å². The second-order valence-electron chi connectivity index (χ2n) is 8.54. The Labute approximate surface area is 198 Å². The topological polar surface area (TPSA) is 97.2 Å². The van der Waals surface area contributed by atoms with Crippen LogP contribution >= 0.6 is 0 Å². The van der Waals surface area contributed by atoms with E-state index < -0.39 is 5.82 Å². The highest BCUT2D eigenvalue weighted by Crippen LogP contribution is 2.25. The second kappa shape index (κ2) is 10.6. The Hall–Kier alpha value is -3.53. The largest absolute Gasteiger partial charge is 0.494 e. The molecular weight excluding hydrogens is 437 g/mol. The van der Waals surface area contributed by atoms with Gasteiger partial charge in [-0.2, -0.15) is 5.10 Å². The number of hydrogen-bond acceptors (Lipinski definition) is 7. The molecule has 0 unspecified atom stereocenters. The first-order chi connectivity index (χ1) is 16.5. The highest BCUT2D eigenvalue weighted by molar-refractivity contribution is 5.94. The van der Waals surface area contributed by atoms with E-state index in [2.05, 4.69) is 37.6 Å². The Morgan fingerprint density at radius 2 is 2.03 bits per heavy atom. The number of halogens is 1. The third kappa shape index (κ3) is 5.51. The average molecular weight is 468 g/mol. The zero-order chi connectivity index (χ0) is 24.1. The van der Waals surface area contributed by atoms with Gasteiger partial charge in [0.2, 0.25) is 5.95 Å². The number of anilines is 2. The number of benzene rings is 1. The Morgan fingerprint density at radius 1 is 1.24 bits per heavy atom. The minimum atomic E-state index is -0.462. The minimum Gasteiger partial charge on any atom is -0.494 e. The van der Waals surface area contributed by atoms with E-state index in [1.807, 2.05) is 10.9 Å². The number of piperidine rings is 1. The fourth-order valence-electron chi connectivity index (χ4n) is 4.18. The fraction of sp³-hybridized carbons (Fsp3) is 0.417. The number of amides is 1. The summed E-state index contributed by atoms with van der Waals surface area (Å²) >= 11 is 0. The monoisotopic (exact) mass is 467 g/mol. The summed E-state index contributed by atoms with van der Waals surface area (Å²) in [7, 11) is 5.05. The first kappa shape index (κ1) is 23.6. The first-order valence-corrected chi connectivity index (χ1v) is 11.4. The molecule has 1 fully saturated rings. The maximum atomic E-state index is 14.7. The van der Waals surface area contributed by atoms with Crippen molar-refractivity contribution in [3.8, 4) is 5.75 Å². The molecule has 2 N–H and O–H groups in total. The quantitative estimate of drug-likeness (QED) is 0.526. The molecule has 0 saturated carbocycles. The van der Waals surface area contributed by atoms with Crippen LogP contribution in [0.2, 0.25) is 0 Å². The average Bonchev–Trinajstić information content (AvgIpc) is 3.32. The van der Waals surface area contributed by atoms with Gasteiger partial charge in [-0.05, 0) is 62.5 Å². The number of nitrogens with zero attached hydrogens (tertiary/aromatic N) is 5. The smallest absolute Gasteiger partial charge is 0.251 e. The van der Waals surface area contributed by atoms with Gasteiger partial charge in [0.1, 0.15) is 0 Å². The highest BCUT2D eigenvalue weighted by atomic mass is 19.1. The fourth-order valence-corrected chi connectivity index (χ4v) is 4.18. The number of hydrogen-bond donors (Lipinski definition) is 2. The van der Waals surface area contributed by atoms with Crippen LogP contribution in [-0.2, 0) is 12.8 Å². The molecule has 0 radical (unpaired) electrons. The van der Waals surface area contributed by atoms with E-state index in [1.54, 1.807) is 24.7 Å². The molecule has 1 aliphatic heterocycles. The molecule has 3 heterocycles. The van der Waals surface area contributed by atoms with Crippen molar-refractivity contribution in [2.24, 2.45) is 0 Å². The van der Waals surface area contributed by atoms with Gasteiger partial charge in [0.15, 0.2) is 11.6 Å². The summed E-state index contributed by atoms with van der Waals surface area (Å²) in [5.74, 6) is -0.237. The maximum Gasteiger partial charge on any atom is 0.251 e. The van der Waals surface area contributed by atoms with Crippen LogP contribution in [0, 0.1) is 5.82 Å². The van der Waals surface area contributed by atoms with Crippen molar-refractivity contribution in [3.63, 3.8) is 0 Å². The van der Waals surface area contributed by atoms with Crippen LogP contribution in [0.5, 0.6) is 5.75 Å². The standard InChI is InChI=1S/C24H30FN7O2/c1-26-23(33)18-9-17(22(25)21(10-18)34-3)7-6-16-11-27-24(28-12-16)30-19-13-29-32(14-19)20-5-4-8-31(2)15-20/h9-14,20H,4-8,15H2,1-3H3,(H,26,33)(H,27,28,30)/t20-/m0/s1. The molecule has 1 aromatic carbocycles. The molecule has 0 spiro atoms. The Balaban J connectivity index is 1.38. The van der Waals surface area contributed by atoms with Crippen molar-refractivity contribution < 1.29 is 13.9 Å². The van der Waals surface area contributed by atoms with E-state index in [-0.39, 0.29) is 11.7 Å². The number of rotatable bonds is 8. The minimum absolute atomic E-state index is 0.0484. The van der Waals surface area contributed by atoms with Crippen LogP contribution in [0.4, 0.5) is 16.0 Å². The van der Waals surface area contributed by atoms with E-state index in [1.165, 1.54) is 26.6 Å². The molecule has 34 heavy (non-hydrogen) atoms. The summed E-state index contributed by atoms with van der Waals surface area (Å²) < 4.78 is 21.8. The highest BCUT2D eigenvalue weighted by Gasteiger charge is 2.19. The van der Waals surface area contributed by atoms with Crippen molar-refractivity contribution >= 4 is 17.5 Å². The summed E-state index contributed by atoms with van der Waals surface area (Å²) in [6, 6.07) is 3.32. The van der Waals surface area contributed by atoms with Crippen molar-refractivity contribution in [2.75, 3.05) is 39.6 Å². The number of aryl methyl sites for hydroxylation is 2. The van der Waals surface area contributed by atoms with Crippen LogP contribution in [-0.4, -0.2) is 64.9 Å². The summed E-state index contributed by atoms with van der Waals surface area (Å²) in [6.07, 6.45) is 10.4. The predicted octanol–water partition coefficient (Wildman–Crippen LogP) is 2.98. The molecule has 1 amide bonds. The molecular formula is C24H30FN7O2. The van der Waals surface area contributed by atoms with E-state index in [0.717, 1.165) is 30.8 Å². The number of methoxy groups -OCH3 is 1. The molecule has 0 aliphatic carbocycles. The molecule has 10 heteroatoms. The predicted molar refractivity (Wildman–Crippen MR) is 127 cm³/mol. The molecule has 1 aliphatic rings. The Kier molecular flexibility index (Phi) is 7.36. The number of ether oxygens (including phenoxy) is 1. The molecule has 0 bridgehead atoms. The van der Waals surface area contributed by atoms with Crippen molar-refractivity contribution in [1.29, 1.82) is 0 Å². The van der Waals surface area contributed by atoms with Gasteiger partial charge in [0, 0.05) is 37.7 Å². The van der Waals surface area contributed by atoms with Gasteiger partial charge in [0.05, 0.1) is 25.0 Å². The normalized spacial score (nSPS) is 16.3. The van der Waals surface area contributed by atoms with Gasteiger partial charge in [-0.3, -0.25) is 9.48 Å². The molecule has 2 aromatic heterocycles. The summed E-state index contributed by atoms with van der Waals surface area (Å²) in [5.41, 5.74) is 2.45. The summed E-state index contributed by atoms with van der Waals surface area (Å²) in [6.45, 7) is 2.12. The van der Waals surface area contributed by atoms with Crippen LogP contribution in [0.15, 0.2) is 36.9 Å². The van der Waals surface area contributed by atoms with Gasteiger partial charge in [-0.1, -0.05) is 0 Å². The lowest BCUT2D eigenvalue weighted by molar-refractivity contribution is 0.0962. The van der Waals surface area contributed by atoms with E-state index in [9.17, 15) is 9.18 Å². The van der Waals surface area contributed by atoms with Crippen LogP contribution in [0.3, 0.4) is 0 Å². The van der Waals surface area contributed by atoms with Gasteiger partial charge >= 0.3 is 0 Å². The molecule has 180 valence electrons. The molecule has 9 nitrogen and oxygen atoms in total. The zero-order valence-electron chi connectivity index (χ0n) is 19.7. The van der Waals surface area contributed by atoms with Crippen molar-refractivity contribution in [1.82, 2.24) is 30.0 Å². The van der Waals surface area contributed by atoms with Gasteiger partial charge in [0.25, 0.3) is 5.91 Å². The molecule has 3 aromatic rings. The lowest BCUT2D eigenvalue weighted by Gasteiger charge is -2.29. The summed E-state index contributed by atoms with van der Waals surface area (Å²) in [5, 5.41) is 10.2. The Morgan fingerprint density at radius 3 is 2.74 bits per heavy atom. The van der Waals surface area contributed by atoms with Crippen molar-refractivity contribution in [3.05, 3.63) is 59.4 Å². The number of carbonyl (C=O) groups is 1. The number of nitrogens with one attached hydrogen (secondary N) is 2. The number of likely N-dealkylation sites (tertiary alicyclic amines) is 1. The molecule has 4 rings (SSSR count). The number of likely N-dealkylation sites (N-methyl/N-ethyl adjacent to an activating group) is 1. The third-order valence-electron chi connectivity index (χ3n) is 6.04. The van der Waals surface area contributed by atoms with Crippen LogP contribution in [0.1, 0.15) is 40.4 Å². The molecule has 1 saturated heterocycles. The van der Waals surface area contributed by atoms with Gasteiger partial charge < -0.3 is 20.3 Å². The second-order valence-corrected chi connectivity index (χ2v) is 8.54. The van der Waals surface area contributed by atoms with E-state index in [0.29, 0.717) is 36.0 Å². The number of carbonyl (C=O) groups excluding carboxylic acids is 1. The summed E-state index contributed by atoms with van der Waals surface area (Å²) in [4.78, 5) is 23.1. The zero-order valence-corrected chi connectivity index (χ0v) is 19.7. The van der Waals surface area contributed by atoms with Crippen LogP contribution < -0.4 is 15.4 Å². The molecule has 1 atom stereocenters. The van der Waals surface area contributed by atoms with Gasteiger partial charge in [-0.25, -0.2) is 14.4 Å². The maximum absolute atomic E-state index is 14.7. The lowest BCUT2D eigenvalue weighted by Crippen LogP contribution is -2.33.